The zero-order chi connectivity index (χ0) is 14.8. The van der Waals surface area contributed by atoms with Crippen LogP contribution in [0.3, 0.4) is 0 Å². The zero-order valence-corrected chi connectivity index (χ0v) is 11.8. The van der Waals surface area contributed by atoms with Crippen LogP contribution in [0.2, 0.25) is 0 Å². The number of hydrogen-bond acceptors (Lipinski definition) is 3. The summed E-state index contributed by atoms with van der Waals surface area (Å²) < 4.78 is 13.1. The molecule has 1 aromatic heterocycles. The standard InChI is InChI=1S/C17H16FN3/c1-2-21(15-7-4-13(18)5-8-15)17-10-3-12-11-14(19)6-9-16(12)20-17/h3-11H,2,19H2,1H3. The van der Waals surface area contributed by atoms with Gasteiger partial charge in [0.1, 0.15) is 11.6 Å². The van der Waals surface area contributed by atoms with Crippen molar-refractivity contribution in [2.45, 2.75) is 6.92 Å². The minimum Gasteiger partial charge on any atom is -0.399 e. The molecule has 3 rings (SSSR count). The first-order valence-electron chi connectivity index (χ1n) is 6.87. The third-order valence-electron chi connectivity index (χ3n) is 3.43. The Bertz CT molecular complexity index is 769. The molecule has 0 amide bonds. The number of nitrogens with zero attached hydrogens (tertiary/aromatic N) is 2. The van der Waals surface area contributed by atoms with Crippen LogP contribution in [0, 0.1) is 5.82 Å². The summed E-state index contributed by atoms with van der Waals surface area (Å²) >= 11 is 0. The lowest BCUT2D eigenvalue weighted by Gasteiger charge is -2.22. The Morgan fingerprint density at radius 1 is 1.05 bits per heavy atom. The first kappa shape index (κ1) is 13.4. The Labute approximate surface area is 122 Å². The number of aromatic nitrogens is 1. The molecule has 0 saturated carbocycles. The van der Waals surface area contributed by atoms with E-state index < -0.39 is 0 Å². The molecular weight excluding hydrogens is 265 g/mol. The van der Waals surface area contributed by atoms with Gasteiger partial charge >= 0.3 is 0 Å². The second kappa shape index (κ2) is 5.40. The smallest absolute Gasteiger partial charge is 0.133 e. The van der Waals surface area contributed by atoms with Gasteiger partial charge in [-0.3, -0.25) is 0 Å². The van der Waals surface area contributed by atoms with Crippen molar-refractivity contribution in [1.82, 2.24) is 4.98 Å². The van der Waals surface area contributed by atoms with Crippen LogP contribution in [0.5, 0.6) is 0 Å². The molecule has 0 radical (unpaired) electrons. The minimum absolute atomic E-state index is 0.239. The van der Waals surface area contributed by atoms with Crippen LogP contribution in [0.1, 0.15) is 6.92 Å². The van der Waals surface area contributed by atoms with Crippen molar-refractivity contribution in [3.63, 3.8) is 0 Å². The van der Waals surface area contributed by atoms with Crippen LogP contribution < -0.4 is 10.6 Å². The van der Waals surface area contributed by atoms with Crippen molar-refractivity contribution in [3.05, 3.63) is 60.4 Å². The summed E-state index contributed by atoms with van der Waals surface area (Å²) in [4.78, 5) is 6.70. The van der Waals surface area contributed by atoms with Crippen molar-refractivity contribution in [2.75, 3.05) is 17.2 Å². The minimum atomic E-state index is -0.239. The molecule has 106 valence electrons. The number of pyridine rings is 1. The number of fused-ring (bicyclic) bond motifs is 1. The molecule has 0 saturated heterocycles. The molecule has 21 heavy (non-hydrogen) atoms. The first-order chi connectivity index (χ1) is 10.2. The summed E-state index contributed by atoms with van der Waals surface area (Å²) in [6.07, 6.45) is 0. The van der Waals surface area contributed by atoms with Crippen molar-refractivity contribution in [1.29, 1.82) is 0 Å². The molecular formula is C17H16FN3. The number of nitrogens with two attached hydrogens (primary N) is 1. The number of nitrogen functional groups attached to an aromatic ring is 1. The van der Waals surface area contributed by atoms with Crippen LogP contribution in [-0.4, -0.2) is 11.5 Å². The summed E-state index contributed by atoms with van der Waals surface area (Å²) in [6, 6.07) is 16.0. The number of benzene rings is 2. The average Bonchev–Trinajstić information content (AvgIpc) is 2.50. The topological polar surface area (TPSA) is 42.1 Å². The van der Waals surface area contributed by atoms with E-state index in [0.29, 0.717) is 0 Å². The molecule has 2 N–H and O–H groups in total. The molecule has 0 unspecified atom stereocenters. The van der Waals surface area contributed by atoms with E-state index in [1.807, 2.05) is 42.2 Å². The summed E-state index contributed by atoms with van der Waals surface area (Å²) in [5.41, 5.74) is 8.31. The molecule has 1 heterocycles. The molecule has 0 fully saturated rings. The van der Waals surface area contributed by atoms with Gasteiger partial charge in [-0.2, -0.15) is 0 Å². The molecule has 2 aromatic carbocycles. The van der Waals surface area contributed by atoms with E-state index in [-0.39, 0.29) is 5.82 Å². The lowest BCUT2D eigenvalue weighted by Crippen LogP contribution is -2.17. The molecule has 3 aromatic rings. The molecule has 0 aliphatic heterocycles. The van der Waals surface area contributed by atoms with Crippen molar-refractivity contribution in [2.24, 2.45) is 0 Å². The van der Waals surface area contributed by atoms with Crippen LogP contribution in [-0.2, 0) is 0 Å². The highest BCUT2D eigenvalue weighted by atomic mass is 19.1. The Morgan fingerprint density at radius 2 is 1.81 bits per heavy atom. The number of halogens is 1. The van der Waals surface area contributed by atoms with Crippen LogP contribution in [0.25, 0.3) is 10.9 Å². The Hall–Kier alpha value is -2.62. The molecule has 0 aliphatic rings. The summed E-state index contributed by atoms with van der Waals surface area (Å²) in [7, 11) is 0. The SMILES string of the molecule is CCN(c1ccc(F)cc1)c1ccc2cc(N)ccc2n1. The van der Waals surface area contributed by atoms with Gasteiger partial charge in [-0.25, -0.2) is 9.37 Å². The van der Waals surface area contributed by atoms with Crippen LogP contribution in [0.4, 0.5) is 21.6 Å². The highest BCUT2D eigenvalue weighted by molar-refractivity contribution is 5.84. The predicted octanol–water partition coefficient (Wildman–Crippen LogP) is 4.11. The molecule has 4 heteroatoms. The molecule has 3 nitrogen and oxygen atoms in total. The summed E-state index contributed by atoms with van der Waals surface area (Å²) in [5.74, 6) is 0.595. The Morgan fingerprint density at radius 3 is 2.52 bits per heavy atom. The van der Waals surface area contributed by atoms with E-state index >= 15 is 0 Å². The van der Waals surface area contributed by atoms with E-state index in [1.165, 1.54) is 12.1 Å². The molecule has 0 bridgehead atoms. The van der Waals surface area contributed by atoms with Gasteiger partial charge in [-0.1, -0.05) is 0 Å². The van der Waals surface area contributed by atoms with E-state index in [1.54, 1.807) is 12.1 Å². The van der Waals surface area contributed by atoms with Gasteiger partial charge in [0, 0.05) is 23.3 Å². The number of anilines is 3. The van der Waals surface area contributed by atoms with Crippen molar-refractivity contribution < 1.29 is 4.39 Å². The van der Waals surface area contributed by atoms with Crippen molar-refractivity contribution >= 4 is 28.1 Å². The van der Waals surface area contributed by atoms with E-state index in [0.717, 1.165) is 34.6 Å². The third kappa shape index (κ3) is 2.65. The van der Waals surface area contributed by atoms with Gasteiger partial charge in [0.2, 0.25) is 0 Å². The second-order valence-corrected chi connectivity index (χ2v) is 4.84. The van der Waals surface area contributed by atoms with Crippen LogP contribution in [0.15, 0.2) is 54.6 Å². The highest BCUT2D eigenvalue weighted by Gasteiger charge is 2.09. The number of rotatable bonds is 3. The molecule has 0 atom stereocenters. The fraction of sp³-hybridized carbons (Fsp3) is 0.118. The quantitative estimate of drug-likeness (QED) is 0.734. The van der Waals surface area contributed by atoms with Crippen LogP contribution >= 0.6 is 0 Å². The van der Waals surface area contributed by atoms with E-state index in [4.69, 9.17) is 5.73 Å². The monoisotopic (exact) mass is 281 g/mol. The maximum atomic E-state index is 13.1. The fourth-order valence-electron chi connectivity index (χ4n) is 2.38. The van der Waals surface area contributed by atoms with Gasteiger partial charge in [-0.15, -0.1) is 0 Å². The van der Waals surface area contributed by atoms with Gasteiger partial charge < -0.3 is 10.6 Å². The average molecular weight is 281 g/mol. The Balaban J connectivity index is 2.04. The van der Waals surface area contributed by atoms with Gasteiger partial charge in [0.25, 0.3) is 0 Å². The third-order valence-corrected chi connectivity index (χ3v) is 3.43. The van der Waals surface area contributed by atoms with E-state index in [9.17, 15) is 4.39 Å². The van der Waals surface area contributed by atoms with Gasteiger partial charge in [-0.05, 0) is 61.5 Å². The predicted molar refractivity (Wildman–Crippen MR) is 85.2 cm³/mol. The highest BCUT2D eigenvalue weighted by Crippen LogP contribution is 2.26. The van der Waals surface area contributed by atoms with Gasteiger partial charge in [0.05, 0.1) is 5.52 Å². The van der Waals surface area contributed by atoms with E-state index in [2.05, 4.69) is 4.98 Å². The Kier molecular flexibility index (Phi) is 3.44. The number of hydrogen-bond donors (Lipinski definition) is 1. The van der Waals surface area contributed by atoms with Crippen molar-refractivity contribution in [3.8, 4) is 0 Å². The maximum Gasteiger partial charge on any atom is 0.133 e. The van der Waals surface area contributed by atoms with Gasteiger partial charge in [0.15, 0.2) is 0 Å². The normalized spacial score (nSPS) is 10.8. The molecule has 0 aliphatic carbocycles. The second-order valence-electron chi connectivity index (χ2n) is 4.84. The molecule has 0 spiro atoms. The first-order valence-corrected chi connectivity index (χ1v) is 6.87. The zero-order valence-electron chi connectivity index (χ0n) is 11.8. The lowest BCUT2D eigenvalue weighted by molar-refractivity contribution is 0.628. The summed E-state index contributed by atoms with van der Waals surface area (Å²) in [6.45, 7) is 2.79. The summed E-state index contributed by atoms with van der Waals surface area (Å²) in [5, 5.41) is 1.01. The largest absolute Gasteiger partial charge is 0.399 e. The fourth-order valence-corrected chi connectivity index (χ4v) is 2.38. The maximum absolute atomic E-state index is 13.1. The lowest BCUT2D eigenvalue weighted by atomic mass is 10.2.